The number of benzene rings is 1. The predicted octanol–water partition coefficient (Wildman–Crippen LogP) is 3.10. The first-order chi connectivity index (χ1) is 11.3. The van der Waals surface area contributed by atoms with Gasteiger partial charge < -0.3 is 14.8 Å². The minimum absolute atomic E-state index is 0.125. The van der Waals surface area contributed by atoms with Crippen LogP contribution in [0.5, 0.6) is 5.75 Å². The van der Waals surface area contributed by atoms with E-state index in [1.165, 1.54) is 0 Å². The Morgan fingerprint density at radius 2 is 2.12 bits per heavy atom. The molecular formula is C17H24BrClN2O3. The number of hydrogen-bond acceptors (Lipinski definition) is 4. The van der Waals surface area contributed by atoms with Crippen LogP contribution in [-0.4, -0.2) is 55.3 Å². The molecule has 0 radical (unpaired) electrons. The summed E-state index contributed by atoms with van der Waals surface area (Å²) in [7, 11) is 0. The van der Waals surface area contributed by atoms with E-state index in [1.54, 1.807) is 25.1 Å². The molecule has 1 atom stereocenters. The Hall–Kier alpha value is -0.820. The van der Waals surface area contributed by atoms with E-state index in [1.807, 2.05) is 0 Å². The summed E-state index contributed by atoms with van der Waals surface area (Å²) in [5, 5.41) is 3.59. The molecule has 1 fully saturated rings. The lowest BCUT2D eigenvalue weighted by Gasteiger charge is -2.41. The third-order valence-corrected chi connectivity index (χ3v) is 4.98. The van der Waals surface area contributed by atoms with Crippen LogP contribution in [0.4, 0.5) is 0 Å². The maximum atomic E-state index is 12.3. The van der Waals surface area contributed by atoms with Crippen LogP contribution in [0.15, 0.2) is 22.7 Å². The number of ether oxygens (including phenoxy) is 2. The molecule has 7 heteroatoms. The lowest BCUT2D eigenvalue weighted by atomic mass is 10.0. The molecule has 1 amide bonds. The molecule has 0 aliphatic carbocycles. The second-order valence-electron chi connectivity index (χ2n) is 6.46. The monoisotopic (exact) mass is 418 g/mol. The number of morpholine rings is 1. The van der Waals surface area contributed by atoms with Crippen LogP contribution >= 0.6 is 27.5 Å². The first-order valence-electron chi connectivity index (χ1n) is 8.02. The van der Waals surface area contributed by atoms with Crippen molar-refractivity contribution in [3.63, 3.8) is 0 Å². The second kappa shape index (κ2) is 8.52. The molecule has 0 spiro atoms. The zero-order chi connectivity index (χ0) is 17.7. The van der Waals surface area contributed by atoms with Crippen molar-refractivity contribution < 1.29 is 14.3 Å². The Morgan fingerprint density at radius 1 is 1.46 bits per heavy atom. The van der Waals surface area contributed by atoms with Crippen molar-refractivity contribution in [1.29, 1.82) is 0 Å². The molecule has 1 saturated heterocycles. The molecule has 1 aromatic rings. The van der Waals surface area contributed by atoms with Crippen LogP contribution in [0.25, 0.3) is 0 Å². The molecule has 24 heavy (non-hydrogen) atoms. The fourth-order valence-corrected chi connectivity index (χ4v) is 3.32. The molecule has 5 nitrogen and oxygen atoms in total. The van der Waals surface area contributed by atoms with Gasteiger partial charge in [-0.1, -0.05) is 11.6 Å². The number of carbonyl (C=O) groups is 1. The summed E-state index contributed by atoms with van der Waals surface area (Å²) < 4.78 is 11.8. The molecule has 1 unspecified atom stereocenters. The van der Waals surface area contributed by atoms with E-state index in [4.69, 9.17) is 21.1 Å². The Kier molecular flexibility index (Phi) is 6.92. The van der Waals surface area contributed by atoms with Crippen LogP contribution in [0, 0.1) is 0 Å². The number of nitrogens with zero attached hydrogens (tertiary/aromatic N) is 1. The Balaban J connectivity index is 1.86. The molecule has 1 heterocycles. The van der Waals surface area contributed by atoms with E-state index >= 15 is 0 Å². The first kappa shape index (κ1) is 19.5. The fourth-order valence-electron chi connectivity index (χ4n) is 2.54. The minimum Gasteiger partial charge on any atom is -0.480 e. The third kappa shape index (κ3) is 5.34. The van der Waals surface area contributed by atoms with Gasteiger partial charge in [-0.2, -0.15) is 0 Å². The zero-order valence-electron chi connectivity index (χ0n) is 14.3. The van der Waals surface area contributed by atoms with E-state index in [-0.39, 0.29) is 11.4 Å². The molecule has 134 valence electrons. The van der Waals surface area contributed by atoms with Gasteiger partial charge in [0.2, 0.25) is 0 Å². The quantitative estimate of drug-likeness (QED) is 0.770. The number of rotatable bonds is 6. The Bertz CT molecular complexity index is 577. The Morgan fingerprint density at radius 3 is 2.75 bits per heavy atom. The van der Waals surface area contributed by atoms with E-state index in [0.29, 0.717) is 17.3 Å². The molecule has 0 saturated carbocycles. The Labute approximate surface area is 156 Å². The van der Waals surface area contributed by atoms with Gasteiger partial charge in [-0.25, -0.2) is 0 Å². The smallest absolute Gasteiger partial charge is 0.260 e. The van der Waals surface area contributed by atoms with Crippen molar-refractivity contribution >= 4 is 33.4 Å². The van der Waals surface area contributed by atoms with Crippen LogP contribution in [0.2, 0.25) is 5.02 Å². The van der Waals surface area contributed by atoms with Crippen LogP contribution in [0.1, 0.15) is 20.8 Å². The highest BCUT2D eigenvalue weighted by Gasteiger charge is 2.29. The van der Waals surface area contributed by atoms with Crippen molar-refractivity contribution in [2.24, 2.45) is 0 Å². The van der Waals surface area contributed by atoms with Crippen LogP contribution in [-0.2, 0) is 9.53 Å². The van der Waals surface area contributed by atoms with Crippen molar-refractivity contribution in [1.82, 2.24) is 10.2 Å². The molecule has 1 aromatic carbocycles. The third-order valence-electron chi connectivity index (χ3n) is 4.13. The fraction of sp³-hybridized carbons (Fsp3) is 0.588. The van der Waals surface area contributed by atoms with E-state index < -0.39 is 6.10 Å². The molecule has 2 rings (SSSR count). The van der Waals surface area contributed by atoms with Gasteiger partial charge in [-0.3, -0.25) is 9.69 Å². The minimum atomic E-state index is -0.594. The normalized spacial score (nSPS) is 17.4. The molecular weight excluding hydrogens is 396 g/mol. The maximum absolute atomic E-state index is 12.3. The number of nitrogens with one attached hydrogen (secondary N) is 1. The van der Waals surface area contributed by atoms with Gasteiger partial charge in [-0.05, 0) is 54.9 Å². The van der Waals surface area contributed by atoms with E-state index in [2.05, 4.69) is 40.0 Å². The van der Waals surface area contributed by atoms with Crippen molar-refractivity contribution in [2.75, 3.05) is 32.8 Å². The van der Waals surface area contributed by atoms with Crippen molar-refractivity contribution in [3.8, 4) is 5.75 Å². The maximum Gasteiger partial charge on any atom is 0.260 e. The summed E-state index contributed by atoms with van der Waals surface area (Å²) in [6, 6.07) is 5.21. The average molecular weight is 420 g/mol. The van der Waals surface area contributed by atoms with Gasteiger partial charge in [0.15, 0.2) is 6.10 Å². The number of carbonyl (C=O) groups excluding carboxylic acids is 1. The average Bonchev–Trinajstić information content (AvgIpc) is 2.56. The summed E-state index contributed by atoms with van der Waals surface area (Å²) >= 11 is 9.30. The number of halogens is 2. The lowest BCUT2D eigenvalue weighted by molar-refractivity contribution is -0.128. The zero-order valence-corrected chi connectivity index (χ0v) is 16.6. The summed E-state index contributed by atoms with van der Waals surface area (Å²) in [5.41, 5.74) is -0.125. The highest BCUT2D eigenvalue weighted by Crippen LogP contribution is 2.28. The highest BCUT2D eigenvalue weighted by molar-refractivity contribution is 9.10. The molecule has 0 bridgehead atoms. The summed E-state index contributed by atoms with van der Waals surface area (Å²) in [6.07, 6.45) is -0.594. The summed E-state index contributed by atoms with van der Waals surface area (Å²) in [6.45, 7) is 9.78. The van der Waals surface area contributed by atoms with Gasteiger partial charge in [-0.15, -0.1) is 0 Å². The van der Waals surface area contributed by atoms with Crippen LogP contribution in [0.3, 0.4) is 0 Å². The SMILES string of the molecule is CC(Oc1ccc(Cl)cc1Br)C(=O)NCC(C)(C)N1CCOCC1. The van der Waals surface area contributed by atoms with E-state index in [9.17, 15) is 4.79 Å². The molecule has 1 N–H and O–H groups in total. The largest absolute Gasteiger partial charge is 0.480 e. The van der Waals surface area contributed by atoms with E-state index in [0.717, 1.165) is 30.8 Å². The molecule has 0 aromatic heterocycles. The van der Waals surface area contributed by atoms with Gasteiger partial charge in [0, 0.05) is 30.2 Å². The summed E-state index contributed by atoms with van der Waals surface area (Å²) in [5.74, 6) is 0.452. The number of amides is 1. The van der Waals surface area contributed by atoms with Crippen LogP contribution < -0.4 is 10.1 Å². The van der Waals surface area contributed by atoms with Gasteiger partial charge >= 0.3 is 0 Å². The van der Waals surface area contributed by atoms with Gasteiger partial charge in [0.05, 0.1) is 17.7 Å². The topological polar surface area (TPSA) is 50.8 Å². The summed E-state index contributed by atoms with van der Waals surface area (Å²) in [4.78, 5) is 14.7. The van der Waals surface area contributed by atoms with Crippen molar-refractivity contribution in [3.05, 3.63) is 27.7 Å². The lowest BCUT2D eigenvalue weighted by Crippen LogP contribution is -2.56. The molecule has 1 aliphatic heterocycles. The standard InChI is InChI=1S/C17H24BrClN2O3/c1-12(24-15-5-4-13(19)10-14(15)18)16(22)20-11-17(2,3)21-6-8-23-9-7-21/h4-5,10,12H,6-9,11H2,1-3H3,(H,20,22). The first-order valence-corrected chi connectivity index (χ1v) is 9.19. The van der Waals surface area contributed by atoms with Gasteiger partial charge in [0.1, 0.15) is 5.75 Å². The van der Waals surface area contributed by atoms with Crippen molar-refractivity contribution in [2.45, 2.75) is 32.4 Å². The predicted molar refractivity (Wildman–Crippen MR) is 98.7 cm³/mol. The van der Waals surface area contributed by atoms with Gasteiger partial charge in [0.25, 0.3) is 5.91 Å². The second-order valence-corrected chi connectivity index (χ2v) is 7.76. The number of hydrogen-bond donors (Lipinski definition) is 1. The molecule has 1 aliphatic rings. The highest BCUT2D eigenvalue weighted by atomic mass is 79.9.